The van der Waals surface area contributed by atoms with Crippen molar-refractivity contribution in [3.63, 3.8) is 0 Å². The van der Waals surface area contributed by atoms with E-state index >= 15 is 0 Å². The van der Waals surface area contributed by atoms with Crippen molar-refractivity contribution in [3.8, 4) is 0 Å². The molecule has 0 aromatic heterocycles. The third kappa shape index (κ3) is 2.16. The second-order valence-corrected chi connectivity index (χ2v) is 3.10. The summed E-state index contributed by atoms with van der Waals surface area (Å²) in [5.74, 6) is 0.129. The van der Waals surface area contributed by atoms with E-state index < -0.39 is 0 Å². The maximum Gasteiger partial charge on any atom is 0.140 e. The lowest BCUT2D eigenvalue weighted by atomic mass is 9.96. The first-order valence-corrected chi connectivity index (χ1v) is 4.22. The fourth-order valence-electron chi connectivity index (χ4n) is 1.33. The molecule has 0 aromatic carbocycles. The van der Waals surface area contributed by atoms with Crippen molar-refractivity contribution < 1.29 is 9.53 Å². The lowest BCUT2D eigenvalue weighted by molar-refractivity contribution is -0.123. The van der Waals surface area contributed by atoms with Gasteiger partial charge in [0.2, 0.25) is 0 Å². The number of nitrogens with two attached hydrogens (primary N) is 1. The molecule has 68 valence electrons. The number of rotatable bonds is 4. The Morgan fingerprint density at radius 1 is 1.67 bits per heavy atom. The topological polar surface area (TPSA) is 52.3 Å². The van der Waals surface area contributed by atoms with Crippen LogP contribution in [0.4, 0.5) is 0 Å². The van der Waals surface area contributed by atoms with Crippen molar-refractivity contribution in [2.75, 3.05) is 13.2 Å². The predicted octanol–water partition coefficient (Wildman–Crippen LogP) is 0.495. The molecular formula is C9H15NO2. The summed E-state index contributed by atoms with van der Waals surface area (Å²) in [5, 5.41) is 0. The summed E-state index contributed by atoms with van der Waals surface area (Å²) >= 11 is 0. The van der Waals surface area contributed by atoms with Crippen molar-refractivity contribution in [1.29, 1.82) is 0 Å². The van der Waals surface area contributed by atoms with E-state index in [0.29, 0.717) is 19.6 Å². The van der Waals surface area contributed by atoms with Crippen LogP contribution in [0.2, 0.25) is 0 Å². The Kier molecular flexibility index (Phi) is 3.44. The second kappa shape index (κ2) is 4.38. The molecule has 0 bridgehead atoms. The Hall–Kier alpha value is -0.670. The van der Waals surface area contributed by atoms with Gasteiger partial charge in [-0.25, -0.2) is 0 Å². The number of carbonyl (C=O) groups excluding carboxylic acids is 1. The van der Waals surface area contributed by atoms with Crippen LogP contribution >= 0.6 is 0 Å². The molecule has 0 aliphatic carbocycles. The molecule has 3 nitrogen and oxygen atoms in total. The molecule has 2 unspecified atom stereocenters. The van der Waals surface area contributed by atoms with Gasteiger partial charge in [-0.1, -0.05) is 6.08 Å². The number of hydrogen-bond acceptors (Lipinski definition) is 3. The van der Waals surface area contributed by atoms with Crippen molar-refractivity contribution in [1.82, 2.24) is 0 Å². The number of ketones is 1. The molecule has 0 saturated carbocycles. The lowest BCUT2D eigenvalue weighted by Gasteiger charge is -2.10. The predicted molar refractivity (Wildman–Crippen MR) is 46.7 cm³/mol. The van der Waals surface area contributed by atoms with Gasteiger partial charge in [-0.05, 0) is 6.42 Å². The second-order valence-electron chi connectivity index (χ2n) is 3.10. The molecule has 0 aromatic rings. The van der Waals surface area contributed by atoms with Crippen molar-refractivity contribution in [2.24, 2.45) is 11.7 Å². The summed E-state index contributed by atoms with van der Waals surface area (Å²) in [6.45, 7) is 4.58. The van der Waals surface area contributed by atoms with Gasteiger partial charge in [0.15, 0.2) is 0 Å². The summed E-state index contributed by atoms with van der Waals surface area (Å²) in [6, 6.07) is -0.0951. The molecule has 1 fully saturated rings. The summed E-state index contributed by atoms with van der Waals surface area (Å²) < 4.78 is 5.10. The molecule has 1 saturated heterocycles. The molecule has 1 heterocycles. The monoisotopic (exact) mass is 169 g/mol. The van der Waals surface area contributed by atoms with Crippen LogP contribution in [-0.2, 0) is 9.53 Å². The largest absolute Gasteiger partial charge is 0.379 e. The van der Waals surface area contributed by atoms with Gasteiger partial charge < -0.3 is 10.5 Å². The third-order valence-electron chi connectivity index (χ3n) is 2.13. The standard InChI is InChI=1S/C9H15NO2/c1-2-3-4-9(11)7-5-12-6-8(7)10/h2,7-8H,1,3-6,10H2. The number of hydrogen-bond donors (Lipinski definition) is 1. The molecule has 12 heavy (non-hydrogen) atoms. The highest BCUT2D eigenvalue weighted by molar-refractivity contribution is 5.82. The van der Waals surface area contributed by atoms with E-state index in [9.17, 15) is 4.79 Å². The van der Waals surface area contributed by atoms with Crippen LogP contribution in [0.1, 0.15) is 12.8 Å². The molecule has 0 radical (unpaired) electrons. The van der Waals surface area contributed by atoms with Crippen LogP contribution in [0.25, 0.3) is 0 Å². The lowest BCUT2D eigenvalue weighted by Crippen LogP contribution is -2.33. The molecule has 1 rings (SSSR count). The van der Waals surface area contributed by atoms with Crippen molar-refractivity contribution in [3.05, 3.63) is 12.7 Å². The van der Waals surface area contributed by atoms with Gasteiger partial charge in [-0.3, -0.25) is 4.79 Å². The van der Waals surface area contributed by atoms with Crippen molar-refractivity contribution in [2.45, 2.75) is 18.9 Å². The first-order valence-electron chi connectivity index (χ1n) is 4.22. The minimum absolute atomic E-state index is 0.0788. The highest BCUT2D eigenvalue weighted by Crippen LogP contribution is 2.15. The molecule has 1 aliphatic rings. The van der Waals surface area contributed by atoms with Gasteiger partial charge in [0.1, 0.15) is 5.78 Å². The van der Waals surface area contributed by atoms with Gasteiger partial charge in [0.05, 0.1) is 19.1 Å². The molecule has 2 N–H and O–H groups in total. The van der Waals surface area contributed by atoms with Crippen LogP contribution in [0.3, 0.4) is 0 Å². The van der Waals surface area contributed by atoms with Gasteiger partial charge in [-0.15, -0.1) is 6.58 Å². The van der Waals surface area contributed by atoms with E-state index in [1.807, 2.05) is 0 Å². The van der Waals surface area contributed by atoms with E-state index in [1.165, 1.54) is 0 Å². The Morgan fingerprint density at radius 2 is 2.42 bits per heavy atom. The van der Waals surface area contributed by atoms with Gasteiger partial charge in [0.25, 0.3) is 0 Å². The summed E-state index contributed by atoms with van der Waals surface area (Å²) in [6.07, 6.45) is 3.03. The SMILES string of the molecule is C=CCCC(=O)C1COCC1N. The van der Waals surface area contributed by atoms with E-state index in [2.05, 4.69) is 6.58 Å². The van der Waals surface area contributed by atoms with Gasteiger partial charge in [0, 0.05) is 12.5 Å². The Morgan fingerprint density at radius 3 is 2.92 bits per heavy atom. The third-order valence-corrected chi connectivity index (χ3v) is 2.13. The summed E-state index contributed by atoms with van der Waals surface area (Å²) in [5.41, 5.74) is 5.68. The number of ether oxygens (including phenoxy) is 1. The van der Waals surface area contributed by atoms with Gasteiger partial charge >= 0.3 is 0 Å². The first-order chi connectivity index (χ1) is 5.75. The summed E-state index contributed by atoms with van der Waals surface area (Å²) in [7, 11) is 0. The van der Waals surface area contributed by atoms with Crippen LogP contribution < -0.4 is 5.73 Å². The average molecular weight is 169 g/mol. The smallest absolute Gasteiger partial charge is 0.140 e. The zero-order valence-corrected chi connectivity index (χ0v) is 7.16. The maximum absolute atomic E-state index is 11.4. The number of allylic oxidation sites excluding steroid dienone is 1. The molecular weight excluding hydrogens is 154 g/mol. The van der Waals surface area contributed by atoms with E-state index in [4.69, 9.17) is 10.5 Å². The molecule has 0 spiro atoms. The normalized spacial score (nSPS) is 28.8. The number of Topliss-reactive ketones (excluding diaryl/α,β-unsaturated/α-hetero) is 1. The first kappa shape index (κ1) is 9.42. The van der Waals surface area contributed by atoms with Crippen LogP contribution in [0.5, 0.6) is 0 Å². The van der Waals surface area contributed by atoms with Crippen LogP contribution in [0, 0.1) is 5.92 Å². The number of carbonyl (C=O) groups is 1. The minimum atomic E-state index is -0.0951. The highest BCUT2D eigenvalue weighted by Gasteiger charge is 2.30. The molecule has 1 aliphatic heterocycles. The zero-order chi connectivity index (χ0) is 8.97. The van der Waals surface area contributed by atoms with Crippen LogP contribution in [-0.4, -0.2) is 25.0 Å². The van der Waals surface area contributed by atoms with E-state index in [-0.39, 0.29) is 17.7 Å². The van der Waals surface area contributed by atoms with Gasteiger partial charge in [-0.2, -0.15) is 0 Å². The van der Waals surface area contributed by atoms with Crippen molar-refractivity contribution >= 4 is 5.78 Å². The highest BCUT2D eigenvalue weighted by atomic mass is 16.5. The molecule has 2 atom stereocenters. The van der Waals surface area contributed by atoms with E-state index in [0.717, 1.165) is 6.42 Å². The Labute approximate surface area is 72.6 Å². The van der Waals surface area contributed by atoms with E-state index in [1.54, 1.807) is 6.08 Å². The Balaban J connectivity index is 2.35. The summed E-state index contributed by atoms with van der Waals surface area (Å²) in [4.78, 5) is 11.4. The minimum Gasteiger partial charge on any atom is -0.379 e. The quantitative estimate of drug-likeness (QED) is 0.623. The Bertz CT molecular complexity index is 179. The molecule has 0 amide bonds. The average Bonchev–Trinajstić information content (AvgIpc) is 2.47. The zero-order valence-electron chi connectivity index (χ0n) is 7.16. The molecule has 3 heteroatoms. The maximum atomic E-state index is 11.4. The fraction of sp³-hybridized carbons (Fsp3) is 0.667. The van der Waals surface area contributed by atoms with Crippen LogP contribution in [0.15, 0.2) is 12.7 Å². The fourth-order valence-corrected chi connectivity index (χ4v) is 1.33.